The van der Waals surface area contributed by atoms with Gasteiger partial charge in [0.1, 0.15) is 0 Å². The first kappa shape index (κ1) is 16.1. The first-order valence-electron chi connectivity index (χ1n) is 7.58. The first-order chi connectivity index (χ1) is 11.4. The molecule has 1 heterocycles. The first-order valence-corrected chi connectivity index (χ1v) is 7.58. The highest BCUT2D eigenvalue weighted by atomic mass is 19.1. The fourth-order valence-electron chi connectivity index (χ4n) is 2.97. The second kappa shape index (κ2) is 6.00. The molecule has 0 saturated carbocycles. The third-order valence-electron chi connectivity index (χ3n) is 4.38. The van der Waals surface area contributed by atoms with Gasteiger partial charge in [0.2, 0.25) is 0 Å². The number of carboxylic acids is 1. The van der Waals surface area contributed by atoms with Crippen molar-refractivity contribution in [2.24, 2.45) is 0 Å². The summed E-state index contributed by atoms with van der Waals surface area (Å²) in [7, 11) is 1.41. The monoisotopic (exact) mass is 327 g/mol. The molecule has 2 aromatic carbocycles. The number of hydrogen-bond acceptors (Lipinski definition) is 2. The number of aryl methyl sites for hydroxylation is 2. The van der Waals surface area contributed by atoms with Gasteiger partial charge in [-0.05, 0) is 48.7 Å². The van der Waals surface area contributed by atoms with E-state index in [0.29, 0.717) is 16.8 Å². The third-order valence-corrected chi connectivity index (χ3v) is 4.38. The van der Waals surface area contributed by atoms with E-state index in [1.807, 2.05) is 26.0 Å². The molecule has 1 aromatic heterocycles. The van der Waals surface area contributed by atoms with Gasteiger partial charge in [-0.2, -0.15) is 0 Å². The lowest BCUT2D eigenvalue weighted by molar-refractivity contribution is -0.136. The number of aromatic amines is 1. The highest BCUT2D eigenvalue weighted by Gasteiger charge is 2.18. The largest absolute Gasteiger partial charge is 0.494 e. The number of methoxy groups -OCH3 is 1. The van der Waals surface area contributed by atoms with Gasteiger partial charge in [0.15, 0.2) is 11.6 Å². The number of fused-ring (bicyclic) bond motifs is 1. The Bertz CT molecular complexity index is 943. The molecular weight excluding hydrogens is 309 g/mol. The summed E-state index contributed by atoms with van der Waals surface area (Å²) in [6.07, 6.45) is -0.133. The fourth-order valence-corrected chi connectivity index (χ4v) is 2.97. The molecular formula is C19H18FNO3. The van der Waals surface area contributed by atoms with Crippen molar-refractivity contribution < 1.29 is 19.0 Å². The van der Waals surface area contributed by atoms with Gasteiger partial charge < -0.3 is 14.8 Å². The van der Waals surface area contributed by atoms with Crippen molar-refractivity contribution in [3.05, 3.63) is 52.8 Å². The molecule has 3 aromatic rings. The van der Waals surface area contributed by atoms with E-state index in [4.69, 9.17) is 4.74 Å². The molecule has 0 atom stereocenters. The fraction of sp³-hybridized carbons (Fsp3) is 0.211. The van der Waals surface area contributed by atoms with E-state index in [9.17, 15) is 14.3 Å². The van der Waals surface area contributed by atoms with Crippen molar-refractivity contribution in [3.8, 4) is 17.0 Å². The van der Waals surface area contributed by atoms with Gasteiger partial charge >= 0.3 is 5.97 Å². The topological polar surface area (TPSA) is 62.3 Å². The summed E-state index contributed by atoms with van der Waals surface area (Å²) < 4.78 is 19.0. The van der Waals surface area contributed by atoms with E-state index in [2.05, 4.69) is 4.98 Å². The molecule has 0 bridgehead atoms. The molecule has 4 nitrogen and oxygen atoms in total. The summed E-state index contributed by atoms with van der Waals surface area (Å²) in [6.45, 7) is 3.98. The van der Waals surface area contributed by atoms with E-state index in [-0.39, 0.29) is 12.2 Å². The van der Waals surface area contributed by atoms with Gasteiger partial charge in [0, 0.05) is 16.5 Å². The predicted octanol–water partition coefficient (Wildman–Crippen LogP) is 4.23. The molecule has 124 valence electrons. The van der Waals surface area contributed by atoms with Crippen molar-refractivity contribution in [3.63, 3.8) is 0 Å². The van der Waals surface area contributed by atoms with Crippen LogP contribution in [0.4, 0.5) is 4.39 Å². The van der Waals surface area contributed by atoms with Crippen LogP contribution in [0.3, 0.4) is 0 Å². The molecule has 0 saturated heterocycles. The summed E-state index contributed by atoms with van der Waals surface area (Å²) in [5.74, 6) is -1.26. The maximum absolute atomic E-state index is 14.1. The Hall–Kier alpha value is -2.82. The number of aliphatic carboxylic acids is 1. The number of rotatable bonds is 4. The summed E-state index contributed by atoms with van der Waals surface area (Å²) in [5, 5.41) is 10.1. The zero-order chi connectivity index (χ0) is 17.4. The zero-order valence-electron chi connectivity index (χ0n) is 13.7. The van der Waals surface area contributed by atoms with Crippen LogP contribution in [0.1, 0.15) is 16.7 Å². The van der Waals surface area contributed by atoms with E-state index in [0.717, 1.165) is 22.0 Å². The highest BCUT2D eigenvalue weighted by Crippen LogP contribution is 2.34. The number of carbonyl (C=O) groups is 1. The number of aromatic nitrogens is 1. The molecule has 0 spiro atoms. The minimum absolute atomic E-state index is 0.133. The Balaban J connectivity index is 2.28. The molecule has 0 aliphatic rings. The van der Waals surface area contributed by atoms with Crippen molar-refractivity contribution in [2.75, 3.05) is 7.11 Å². The summed E-state index contributed by atoms with van der Waals surface area (Å²) in [5.41, 5.74) is 4.93. The quantitative estimate of drug-likeness (QED) is 0.754. The van der Waals surface area contributed by atoms with Crippen LogP contribution in [0, 0.1) is 19.7 Å². The van der Waals surface area contributed by atoms with E-state index in [1.165, 1.54) is 13.2 Å². The molecule has 0 radical (unpaired) electrons. The minimum Gasteiger partial charge on any atom is -0.494 e. The number of hydrogen-bond donors (Lipinski definition) is 2. The van der Waals surface area contributed by atoms with Crippen LogP contribution >= 0.6 is 0 Å². The van der Waals surface area contributed by atoms with Gasteiger partial charge in [-0.15, -0.1) is 0 Å². The molecule has 5 heteroatoms. The molecule has 0 aliphatic heterocycles. The molecule has 0 aliphatic carbocycles. The standard InChI is InChI=1S/C19H18FNO3/c1-10-4-6-13-14(9-17(22)23)19(21-18(13)11(10)2)12-5-7-16(24-3)15(20)8-12/h4-8,21H,9H2,1-3H3,(H,22,23). The Kier molecular flexibility index (Phi) is 4.01. The normalized spacial score (nSPS) is 11.0. The van der Waals surface area contributed by atoms with Crippen molar-refractivity contribution in [1.82, 2.24) is 4.98 Å². The lowest BCUT2D eigenvalue weighted by Crippen LogP contribution is -2.01. The van der Waals surface area contributed by atoms with E-state index < -0.39 is 11.8 Å². The SMILES string of the molecule is COc1ccc(-c2[nH]c3c(C)c(C)ccc3c2CC(=O)O)cc1F. The summed E-state index contributed by atoms with van der Waals surface area (Å²) in [6, 6.07) is 8.50. The number of benzene rings is 2. The second-order valence-corrected chi connectivity index (χ2v) is 5.83. The molecule has 3 rings (SSSR count). The van der Waals surface area contributed by atoms with Crippen LogP contribution < -0.4 is 4.74 Å². The molecule has 0 fully saturated rings. The number of H-pyrrole nitrogens is 1. The molecule has 0 unspecified atom stereocenters. The number of carboxylic acid groups (broad SMARTS) is 1. The number of halogens is 1. The predicted molar refractivity (Wildman–Crippen MR) is 91.1 cm³/mol. The van der Waals surface area contributed by atoms with Crippen LogP contribution in [0.25, 0.3) is 22.2 Å². The van der Waals surface area contributed by atoms with Crippen molar-refractivity contribution >= 4 is 16.9 Å². The van der Waals surface area contributed by atoms with Gasteiger partial charge in [0.05, 0.1) is 19.2 Å². The maximum atomic E-state index is 14.1. The smallest absolute Gasteiger partial charge is 0.307 e. The lowest BCUT2D eigenvalue weighted by atomic mass is 10.00. The second-order valence-electron chi connectivity index (χ2n) is 5.83. The van der Waals surface area contributed by atoms with Gasteiger partial charge in [-0.3, -0.25) is 4.79 Å². The number of nitrogens with one attached hydrogen (secondary N) is 1. The van der Waals surface area contributed by atoms with Crippen LogP contribution in [-0.4, -0.2) is 23.2 Å². The van der Waals surface area contributed by atoms with Gasteiger partial charge in [-0.25, -0.2) is 4.39 Å². The maximum Gasteiger partial charge on any atom is 0.307 e. The highest BCUT2D eigenvalue weighted by molar-refractivity contribution is 5.96. The Morgan fingerprint density at radius 2 is 2.00 bits per heavy atom. The van der Waals surface area contributed by atoms with Crippen LogP contribution in [0.2, 0.25) is 0 Å². The summed E-state index contributed by atoms with van der Waals surface area (Å²) >= 11 is 0. The minimum atomic E-state index is -0.927. The Morgan fingerprint density at radius 3 is 2.62 bits per heavy atom. The average Bonchev–Trinajstić information content (AvgIpc) is 2.89. The zero-order valence-corrected chi connectivity index (χ0v) is 13.7. The van der Waals surface area contributed by atoms with E-state index >= 15 is 0 Å². The molecule has 2 N–H and O–H groups in total. The number of ether oxygens (including phenoxy) is 1. The van der Waals surface area contributed by atoms with Crippen molar-refractivity contribution in [1.29, 1.82) is 0 Å². The molecule has 24 heavy (non-hydrogen) atoms. The van der Waals surface area contributed by atoms with Crippen molar-refractivity contribution in [2.45, 2.75) is 20.3 Å². The van der Waals surface area contributed by atoms with Crippen LogP contribution in [0.15, 0.2) is 30.3 Å². The Labute approximate surface area is 138 Å². The Morgan fingerprint density at radius 1 is 1.25 bits per heavy atom. The average molecular weight is 327 g/mol. The van der Waals surface area contributed by atoms with Gasteiger partial charge in [0.25, 0.3) is 0 Å². The summed E-state index contributed by atoms with van der Waals surface area (Å²) in [4.78, 5) is 14.6. The molecule has 0 amide bonds. The van der Waals surface area contributed by atoms with Crippen LogP contribution in [-0.2, 0) is 11.2 Å². The third kappa shape index (κ3) is 2.62. The van der Waals surface area contributed by atoms with Gasteiger partial charge in [-0.1, -0.05) is 12.1 Å². The lowest BCUT2D eigenvalue weighted by Gasteiger charge is -2.06. The van der Waals surface area contributed by atoms with E-state index in [1.54, 1.807) is 12.1 Å². The van der Waals surface area contributed by atoms with Crippen LogP contribution in [0.5, 0.6) is 5.75 Å².